The number of aromatic nitrogens is 5. The minimum absolute atomic E-state index is 0.392. The minimum atomic E-state index is -0.451. The van der Waals surface area contributed by atoms with Crippen LogP contribution in [-0.2, 0) is 9.47 Å². The highest BCUT2D eigenvalue weighted by Crippen LogP contribution is 2.45. The van der Waals surface area contributed by atoms with E-state index >= 15 is 0 Å². The molecule has 1 saturated heterocycles. The molecule has 0 aromatic carbocycles. The van der Waals surface area contributed by atoms with Crippen LogP contribution in [0.15, 0.2) is 30.6 Å². The molecule has 0 bridgehead atoms. The lowest BCUT2D eigenvalue weighted by Crippen LogP contribution is -2.41. The highest BCUT2D eigenvalue weighted by Gasteiger charge is 2.49. The van der Waals surface area contributed by atoms with Crippen LogP contribution < -0.4 is 0 Å². The molecule has 1 aliphatic heterocycles. The maximum Gasteiger partial charge on any atom is 0.186 e. The zero-order chi connectivity index (χ0) is 17.8. The van der Waals surface area contributed by atoms with Crippen LogP contribution in [0.3, 0.4) is 0 Å². The predicted molar refractivity (Wildman–Crippen MR) is 92.3 cm³/mol. The number of aryl methyl sites for hydroxylation is 1. The molecule has 0 radical (unpaired) electrons. The van der Waals surface area contributed by atoms with Gasteiger partial charge in [-0.05, 0) is 52.8 Å². The van der Waals surface area contributed by atoms with Crippen molar-refractivity contribution in [1.82, 2.24) is 25.0 Å². The Labute approximate surface area is 146 Å². The number of nitrogens with zero attached hydrogens (tertiary/aromatic N) is 5. The smallest absolute Gasteiger partial charge is 0.186 e. The van der Waals surface area contributed by atoms with Gasteiger partial charge in [-0.3, -0.25) is 0 Å². The molecule has 25 heavy (non-hydrogen) atoms. The fourth-order valence-electron chi connectivity index (χ4n) is 2.78. The molecule has 4 rings (SSSR count). The first-order valence-electron chi connectivity index (χ1n) is 8.27. The maximum absolute atomic E-state index is 6.17. The molecule has 130 valence electrons. The van der Waals surface area contributed by atoms with Crippen LogP contribution in [0.25, 0.3) is 16.9 Å². The first-order chi connectivity index (χ1) is 11.8. The summed E-state index contributed by atoms with van der Waals surface area (Å²) in [4.78, 5) is 10.5. The average Bonchev–Trinajstić information content (AvgIpc) is 3.07. The molecule has 0 spiro atoms. The molecule has 0 N–H and O–H groups in total. The lowest BCUT2D eigenvalue weighted by atomic mass is 9.90. The molecule has 3 aromatic rings. The first-order valence-corrected chi connectivity index (χ1v) is 8.27. The Balaban J connectivity index is 1.77. The third kappa shape index (κ3) is 2.60. The molecule has 0 atom stereocenters. The zero-order valence-electron chi connectivity index (χ0n) is 15.0. The largest absolute Gasteiger partial charge is 0.339 e. The number of pyridine rings is 2. The van der Waals surface area contributed by atoms with Gasteiger partial charge in [-0.15, -0.1) is 4.80 Å². The topological polar surface area (TPSA) is 75.0 Å². The van der Waals surface area contributed by atoms with Gasteiger partial charge < -0.3 is 9.47 Å². The monoisotopic (exact) mass is 339 g/mol. The van der Waals surface area contributed by atoms with Crippen LogP contribution in [0, 0.1) is 6.92 Å². The third-order valence-corrected chi connectivity index (χ3v) is 4.94. The van der Waals surface area contributed by atoms with Crippen LogP contribution in [0.1, 0.15) is 45.2 Å². The summed E-state index contributed by atoms with van der Waals surface area (Å²) in [6.45, 7) is 10.0. The normalized spacial score (nSPS) is 19.6. The van der Waals surface area contributed by atoms with Gasteiger partial charge in [-0.25, -0.2) is 9.97 Å². The number of rotatable bonds is 2. The van der Waals surface area contributed by atoms with E-state index in [2.05, 4.69) is 20.2 Å². The van der Waals surface area contributed by atoms with Crippen LogP contribution in [0.5, 0.6) is 0 Å². The van der Waals surface area contributed by atoms with E-state index in [9.17, 15) is 0 Å². The summed E-state index contributed by atoms with van der Waals surface area (Å²) in [6, 6.07) is 5.75. The minimum Gasteiger partial charge on any atom is -0.339 e. The Bertz CT molecular complexity index is 932. The molecular weight excluding hydrogens is 318 g/mol. The van der Waals surface area contributed by atoms with E-state index in [1.807, 2.05) is 52.8 Å². The molecule has 0 amide bonds. The van der Waals surface area contributed by atoms with E-state index in [1.54, 1.807) is 12.4 Å². The molecule has 0 aliphatic carbocycles. The molecule has 4 heterocycles. The first kappa shape index (κ1) is 16.1. The molecule has 0 saturated carbocycles. The Kier molecular flexibility index (Phi) is 3.42. The quantitative estimate of drug-likeness (QED) is 0.714. The molecule has 7 nitrogen and oxygen atoms in total. The molecule has 1 aliphatic rings. The van der Waals surface area contributed by atoms with Gasteiger partial charge in [-0.2, -0.15) is 10.2 Å². The summed E-state index contributed by atoms with van der Waals surface area (Å²) in [6.07, 6.45) is 2.97. The van der Waals surface area contributed by atoms with Gasteiger partial charge in [0.2, 0.25) is 0 Å². The highest BCUT2D eigenvalue weighted by atomic mass is 16.7. The molecule has 3 aromatic heterocycles. The summed E-state index contributed by atoms with van der Waals surface area (Å²) in [7, 11) is 0. The summed E-state index contributed by atoms with van der Waals surface area (Å²) in [5.74, 6) is 0.624. The second kappa shape index (κ2) is 5.31. The maximum atomic E-state index is 6.17. The van der Waals surface area contributed by atoms with Gasteiger partial charge in [0.15, 0.2) is 17.8 Å². The predicted octanol–water partition coefficient (Wildman–Crippen LogP) is 3.12. The number of hydrogen-bond donors (Lipinski definition) is 0. The fraction of sp³-hybridized carbons (Fsp3) is 0.444. The SMILES string of the molecule is Cc1cnn(-c2ccc3c(C4OC(C)(C)C(C)(C)O4)ccnc3n2)n1. The van der Waals surface area contributed by atoms with E-state index in [0.29, 0.717) is 11.5 Å². The summed E-state index contributed by atoms with van der Waals surface area (Å²) in [5.41, 5.74) is 1.58. The van der Waals surface area contributed by atoms with Crippen molar-refractivity contribution in [1.29, 1.82) is 0 Å². The van der Waals surface area contributed by atoms with Crippen LogP contribution in [-0.4, -0.2) is 36.2 Å². The summed E-state index contributed by atoms with van der Waals surface area (Å²) < 4.78 is 12.3. The Morgan fingerprint density at radius 2 is 1.76 bits per heavy atom. The lowest BCUT2D eigenvalue weighted by molar-refractivity contribution is -0.0886. The molecular formula is C18H21N5O2. The second-order valence-electron chi connectivity index (χ2n) is 7.30. The Morgan fingerprint density at radius 1 is 1.04 bits per heavy atom. The number of ether oxygens (including phenoxy) is 2. The van der Waals surface area contributed by atoms with Crippen molar-refractivity contribution in [3.8, 4) is 5.82 Å². The third-order valence-electron chi connectivity index (χ3n) is 4.94. The lowest BCUT2D eigenvalue weighted by Gasteiger charge is -2.30. The van der Waals surface area contributed by atoms with E-state index in [1.165, 1.54) is 4.80 Å². The van der Waals surface area contributed by atoms with Gasteiger partial charge in [-0.1, -0.05) is 0 Å². The molecule has 1 fully saturated rings. The zero-order valence-corrected chi connectivity index (χ0v) is 15.0. The van der Waals surface area contributed by atoms with Crippen molar-refractivity contribution in [3.05, 3.63) is 41.9 Å². The Morgan fingerprint density at radius 3 is 2.40 bits per heavy atom. The standard InChI is InChI=1S/C18H21N5O2/c1-11-10-20-23(22-11)14-7-6-12-13(8-9-19-15(12)21-14)16-24-17(2,3)18(4,5)25-16/h6-10,16H,1-5H3. The number of fused-ring (bicyclic) bond motifs is 1. The van der Waals surface area contributed by atoms with Crippen molar-refractivity contribution in [2.45, 2.75) is 52.1 Å². The number of hydrogen-bond acceptors (Lipinski definition) is 6. The van der Waals surface area contributed by atoms with Gasteiger partial charge in [0.25, 0.3) is 0 Å². The van der Waals surface area contributed by atoms with Crippen molar-refractivity contribution in [2.75, 3.05) is 0 Å². The molecule has 0 unspecified atom stereocenters. The van der Waals surface area contributed by atoms with Crippen molar-refractivity contribution < 1.29 is 9.47 Å². The van der Waals surface area contributed by atoms with Crippen LogP contribution in [0.2, 0.25) is 0 Å². The van der Waals surface area contributed by atoms with E-state index < -0.39 is 17.5 Å². The average molecular weight is 339 g/mol. The van der Waals surface area contributed by atoms with E-state index in [-0.39, 0.29) is 0 Å². The van der Waals surface area contributed by atoms with E-state index in [4.69, 9.17) is 9.47 Å². The van der Waals surface area contributed by atoms with Crippen molar-refractivity contribution in [2.24, 2.45) is 0 Å². The van der Waals surface area contributed by atoms with Crippen molar-refractivity contribution in [3.63, 3.8) is 0 Å². The van der Waals surface area contributed by atoms with Gasteiger partial charge >= 0.3 is 0 Å². The van der Waals surface area contributed by atoms with Crippen LogP contribution >= 0.6 is 0 Å². The van der Waals surface area contributed by atoms with E-state index in [0.717, 1.165) is 16.6 Å². The summed E-state index contributed by atoms with van der Waals surface area (Å²) in [5, 5.41) is 9.39. The Hall–Kier alpha value is -2.38. The van der Waals surface area contributed by atoms with Gasteiger partial charge in [0.1, 0.15) is 0 Å². The second-order valence-corrected chi connectivity index (χ2v) is 7.30. The molecule has 7 heteroatoms. The van der Waals surface area contributed by atoms with Gasteiger partial charge in [0, 0.05) is 17.1 Å². The summed E-state index contributed by atoms with van der Waals surface area (Å²) >= 11 is 0. The van der Waals surface area contributed by atoms with Crippen molar-refractivity contribution >= 4 is 11.0 Å². The van der Waals surface area contributed by atoms with Gasteiger partial charge in [0.05, 0.1) is 23.1 Å². The fourth-order valence-corrected chi connectivity index (χ4v) is 2.78. The highest BCUT2D eigenvalue weighted by molar-refractivity contribution is 5.79. The van der Waals surface area contributed by atoms with Crippen LogP contribution in [0.4, 0.5) is 0 Å².